The Morgan fingerprint density at radius 3 is 2.64 bits per heavy atom. The second-order valence-electron chi connectivity index (χ2n) is 4.67. The van der Waals surface area contributed by atoms with Crippen molar-refractivity contribution in [3.05, 3.63) is 23.2 Å². The summed E-state index contributed by atoms with van der Waals surface area (Å²) >= 11 is 1.15. The summed E-state index contributed by atoms with van der Waals surface area (Å²) < 4.78 is 28.8. The zero-order valence-electron chi connectivity index (χ0n) is 12.1. The molecular weight excluding hydrogens is 328 g/mol. The predicted octanol–water partition coefficient (Wildman–Crippen LogP) is 1.38. The highest BCUT2D eigenvalue weighted by atomic mass is 32.2. The quantitative estimate of drug-likeness (QED) is 0.873. The minimum Gasteiger partial charge on any atom is -0.475 e. The van der Waals surface area contributed by atoms with Crippen molar-refractivity contribution in [2.45, 2.75) is 25.0 Å². The number of hydrogen-bond acceptors (Lipinski definition) is 8. The summed E-state index contributed by atoms with van der Waals surface area (Å²) in [5.41, 5.74) is 1.58. The summed E-state index contributed by atoms with van der Waals surface area (Å²) in [6, 6.07) is 2.57. The molecule has 0 radical (unpaired) electrons. The van der Waals surface area contributed by atoms with Crippen LogP contribution in [0, 0.1) is 0 Å². The van der Waals surface area contributed by atoms with Crippen LogP contribution >= 0.6 is 11.3 Å². The molecule has 0 spiro atoms. The number of pyridine rings is 1. The molecule has 0 aliphatic rings. The van der Waals surface area contributed by atoms with Gasteiger partial charge in [0.1, 0.15) is 5.51 Å². The molecule has 10 heteroatoms. The van der Waals surface area contributed by atoms with Crippen molar-refractivity contribution in [1.29, 1.82) is 0 Å². The summed E-state index contributed by atoms with van der Waals surface area (Å²) in [7, 11) is -3.58. The lowest BCUT2D eigenvalue weighted by molar-refractivity contribution is 0.102. The molecule has 1 amide bonds. The van der Waals surface area contributed by atoms with Crippen LogP contribution in [0.25, 0.3) is 0 Å². The molecule has 8 nitrogen and oxygen atoms in total. The molecule has 1 N–H and O–H groups in total. The number of nitrogens with one attached hydrogen (secondary N) is 1. The van der Waals surface area contributed by atoms with Crippen LogP contribution in [0.3, 0.4) is 0 Å². The highest BCUT2D eigenvalue weighted by molar-refractivity contribution is 7.90. The molecule has 0 fully saturated rings. The number of nitrogens with zero attached hydrogens (tertiary/aromatic N) is 3. The standard InChI is InChI=1S/C12H14N4O4S2/c1-7(2)20-9-4-8(5-10(14-9)22(3,18)19)11(17)15-12-16-13-6-21-12/h4-7H,1-3H3,(H,15,16,17). The lowest BCUT2D eigenvalue weighted by Crippen LogP contribution is -2.15. The molecule has 0 aromatic carbocycles. The number of amides is 1. The molecule has 0 saturated heterocycles. The van der Waals surface area contributed by atoms with Crippen molar-refractivity contribution in [2.75, 3.05) is 11.6 Å². The smallest absolute Gasteiger partial charge is 0.257 e. The first-order valence-corrected chi connectivity index (χ1v) is 8.99. The third kappa shape index (κ3) is 4.21. The van der Waals surface area contributed by atoms with E-state index in [2.05, 4.69) is 20.5 Å². The average molecular weight is 342 g/mol. The van der Waals surface area contributed by atoms with E-state index in [9.17, 15) is 13.2 Å². The Balaban J connectivity index is 2.38. The van der Waals surface area contributed by atoms with Crippen LogP contribution in [-0.2, 0) is 9.84 Å². The van der Waals surface area contributed by atoms with Gasteiger partial charge in [-0.2, -0.15) is 0 Å². The molecule has 2 rings (SSSR count). The molecule has 0 aliphatic heterocycles. The van der Waals surface area contributed by atoms with Gasteiger partial charge in [-0.3, -0.25) is 10.1 Å². The minimum atomic E-state index is -3.58. The van der Waals surface area contributed by atoms with Crippen LogP contribution in [0.1, 0.15) is 24.2 Å². The molecule has 118 valence electrons. The van der Waals surface area contributed by atoms with Crippen molar-refractivity contribution in [3.8, 4) is 5.88 Å². The number of hydrogen-bond donors (Lipinski definition) is 1. The summed E-state index contributed by atoms with van der Waals surface area (Å²) in [6.45, 7) is 3.55. The summed E-state index contributed by atoms with van der Waals surface area (Å²) in [5.74, 6) is -0.446. The van der Waals surface area contributed by atoms with E-state index < -0.39 is 15.7 Å². The Hall–Kier alpha value is -2.07. The fourth-order valence-electron chi connectivity index (χ4n) is 1.50. The van der Waals surface area contributed by atoms with Crippen molar-refractivity contribution >= 4 is 32.2 Å². The summed E-state index contributed by atoms with van der Waals surface area (Å²) in [5, 5.41) is 9.91. The fraction of sp³-hybridized carbons (Fsp3) is 0.333. The number of ether oxygens (including phenoxy) is 1. The molecule has 0 atom stereocenters. The molecule has 0 unspecified atom stereocenters. The fourth-order valence-corrected chi connectivity index (χ4v) is 2.54. The van der Waals surface area contributed by atoms with E-state index in [1.54, 1.807) is 13.8 Å². The lowest BCUT2D eigenvalue weighted by atomic mass is 10.2. The maximum Gasteiger partial charge on any atom is 0.257 e. The van der Waals surface area contributed by atoms with Crippen LogP contribution < -0.4 is 10.1 Å². The molecule has 22 heavy (non-hydrogen) atoms. The van der Waals surface area contributed by atoms with E-state index in [0.717, 1.165) is 17.6 Å². The van der Waals surface area contributed by atoms with E-state index in [1.165, 1.54) is 17.6 Å². The minimum absolute atomic E-state index is 0.0698. The number of carbonyl (C=O) groups is 1. The molecule has 0 saturated carbocycles. The first-order chi connectivity index (χ1) is 10.3. The summed E-state index contributed by atoms with van der Waals surface area (Å²) in [6.07, 6.45) is 0.808. The molecular formula is C12H14N4O4S2. The highest BCUT2D eigenvalue weighted by Gasteiger charge is 2.17. The maximum absolute atomic E-state index is 12.2. The molecule has 2 aromatic rings. The second-order valence-corrected chi connectivity index (χ2v) is 7.46. The van der Waals surface area contributed by atoms with Gasteiger partial charge >= 0.3 is 0 Å². The van der Waals surface area contributed by atoms with Crippen molar-refractivity contribution in [2.24, 2.45) is 0 Å². The van der Waals surface area contributed by atoms with Gasteiger partial charge in [-0.1, -0.05) is 11.3 Å². The van der Waals surface area contributed by atoms with Gasteiger partial charge in [0.2, 0.25) is 11.0 Å². The zero-order chi connectivity index (χ0) is 16.3. The Bertz CT molecular complexity index is 772. The van der Waals surface area contributed by atoms with Gasteiger partial charge in [-0.25, -0.2) is 13.4 Å². The number of sulfone groups is 1. The molecule has 0 aliphatic carbocycles. The molecule has 0 bridgehead atoms. The Labute approximate surface area is 131 Å². The van der Waals surface area contributed by atoms with Crippen LogP contribution in [0.5, 0.6) is 5.88 Å². The van der Waals surface area contributed by atoms with Gasteiger partial charge in [0.05, 0.1) is 6.10 Å². The van der Waals surface area contributed by atoms with E-state index >= 15 is 0 Å². The van der Waals surface area contributed by atoms with Gasteiger partial charge in [-0.05, 0) is 19.9 Å². The number of aromatic nitrogens is 3. The Kier molecular flexibility index (Phi) is 4.71. The van der Waals surface area contributed by atoms with Crippen LogP contribution in [0.2, 0.25) is 0 Å². The average Bonchev–Trinajstić information content (AvgIpc) is 2.89. The SMILES string of the molecule is CC(C)Oc1cc(C(=O)Nc2nncs2)cc(S(C)(=O)=O)n1. The van der Waals surface area contributed by atoms with Crippen molar-refractivity contribution in [3.63, 3.8) is 0 Å². The molecule has 2 aromatic heterocycles. The van der Waals surface area contributed by atoms with E-state index in [1.807, 2.05) is 0 Å². The van der Waals surface area contributed by atoms with E-state index in [4.69, 9.17) is 4.74 Å². The highest BCUT2D eigenvalue weighted by Crippen LogP contribution is 2.19. The number of carbonyl (C=O) groups excluding carboxylic acids is 1. The van der Waals surface area contributed by atoms with Crippen LogP contribution in [-0.4, -0.2) is 41.9 Å². The largest absolute Gasteiger partial charge is 0.475 e. The maximum atomic E-state index is 12.2. The number of anilines is 1. The van der Waals surface area contributed by atoms with Gasteiger partial charge in [-0.15, -0.1) is 10.2 Å². The Morgan fingerprint density at radius 1 is 1.36 bits per heavy atom. The van der Waals surface area contributed by atoms with Crippen molar-refractivity contribution in [1.82, 2.24) is 15.2 Å². The normalized spacial score (nSPS) is 11.5. The molecule has 2 heterocycles. The monoisotopic (exact) mass is 342 g/mol. The number of rotatable bonds is 5. The van der Waals surface area contributed by atoms with Gasteiger partial charge in [0, 0.05) is 17.9 Å². The zero-order valence-corrected chi connectivity index (χ0v) is 13.7. The summed E-state index contributed by atoms with van der Waals surface area (Å²) in [4.78, 5) is 16.1. The first kappa shape index (κ1) is 16.3. The first-order valence-electron chi connectivity index (χ1n) is 6.22. The third-order valence-corrected chi connectivity index (χ3v) is 3.93. The predicted molar refractivity (Wildman–Crippen MR) is 81.0 cm³/mol. The third-order valence-electron chi connectivity index (χ3n) is 2.36. The van der Waals surface area contributed by atoms with Gasteiger partial charge in [0.25, 0.3) is 5.91 Å². The van der Waals surface area contributed by atoms with Crippen molar-refractivity contribution < 1.29 is 17.9 Å². The van der Waals surface area contributed by atoms with Gasteiger partial charge < -0.3 is 4.74 Å². The van der Waals surface area contributed by atoms with E-state index in [0.29, 0.717) is 5.13 Å². The lowest BCUT2D eigenvalue weighted by Gasteiger charge is -2.11. The second kappa shape index (κ2) is 6.36. The van der Waals surface area contributed by atoms with Gasteiger partial charge in [0.15, 0.2) is 14.9 Å². The van der Waals surface area contributed by atoms with Crippen LogP contribution in [0.15, 0.2) is 22.7 Å². The Morgan fingerprint density at radius 2 is 2.09 bits per heavy atom. The van der Waals surface area contributed by atoms with Crippen LogP contribution in [0.4, 0.5) is 5.13 Å². The topological polar surface area (TPSA) is 111 Å². The van der Waals surface area contributed by atoms with E-state index in [-0.39, 0.29) is 22.6 Å².